The molecule has 6 bridgehead atoms. The summed E-state index contributed by atoms with van der Waals surface area (Å²) in [6, 6.07) is 9.96. The number of nitrogens with zero attached hydrogens (tertiary/aromatic N) is 3. The van der Waals surface area contributed by atoms with Crippen LogP contribution in [0.15, 0.2) is 39.9 Å². The lowest BCUT2D eigenvalue weighted by atomic mass is 10.1. The van der Waals surface area contributed by atoms with Crippen molar-refractivity contribution in [1.29, 1.82) is 0 Å². The predicted octanol–water partition coefficient (Wildman–Crippen LogP) is 4.69. The summed E-state index contributed by atoms with van der Waals surface area (Å²) in [7, 11) is 0. The van der Waals surface area contributed by atoms with E-state index in [-0.39, 0.29) is 17.2 Å². The zero-order valence-corrected chi connectivity index (χ0v) is 20.4. The molecule has 1 saturated heterocycles. The topological polar surface area (TPSA) is 80.2 Å². The normalized spacial score (nSPS) is 22.3. The Hall–Kier alpha value is -2.97. The smallest absolute Gasteiger partial charge is 0.275 e. The van der Waals surface area contributed by atoms with Gasteiger partial charge in [0.2, 0.25) is 0 Å². The molecule has 1 aliphatic carbocycles. The minimum absolute atomic E-state index is 0.0377. The molecule has 0 spiro atoms. The highest BCUT2D eigenvalue weighted by molar-refractivity contribution is 7.14. The van der Waals surface area contributed by atoms with Gasteiger partial charge in [-0.3, -0.25) is 18.4 Å². The van der Waals surface area contributed by atoms with Gasteiger partial charge in [0.05, 0.1) is 22.2 Å². The van der Waals surface area contributed by atoms with Crippen molar-refractivity contribution in [2.24, 2.45) is 5.92 Å². The van der Waals surface area contributed by atoms with Crippen LogP contribution in [0, 0.1) is 5.92 Å². The molecule has 2 aromatic carbocycles. The first-order chi connectivity index (χ1) is 17.1. The standard InChI is InChI=1S/C27H28N4O3S/c32-26-23-19-5-4-6-20-25(19)35-31(27(20)33)18-8-7-16(11-18)15-34-22-13-17(12-21(28-26)24(22)29-23)14-30-9-2-1-3-10-30/h4-6,12-13,16,18H,1-3,7-11,14-15H2,(H,28,32)/t16?,18-/m0/s1. The number of rotatable bonds is 2. The molecule has 8 heteroatoms. The molecule has 1 saturated carbocycles. The third-order valence-electron chi connectivity index (χ3n) is 7.89. The molecule has 2 aromatic heterocycles. The number of hydrogen-bond donors (Lipinski definition) is 1. The fraction of sp³-hybridized carbons (Fsp3) is 0.444. The lowest BCUT2D eigenvalue weighted by molar-refractivity contribution is 0.220. The van der Waals surface area contributed by atoms with Crippen LogP contribution in [0.5, 0.6) is 5.75 Å². The molecule has 180 valence electrons. The van der Waals surface area contributed by atoms with Gasteiger partial charge in [0.15, 0.2) is 0 Å². The predicted molar refractivity (Wildman–Crippen MR) is 138 cm³/mol. The Kier molecular flexibility index (Phi) is 5.06. The largest absolute Gasteiger partial charge is 0.491 e. The van der Waals surface area contributed by atoms with E-state index in [1.807, 2.05) is 28.2 Å². The van der Waals surface area contributed by atoms with Crippen molar-refractivity contribution in [1.82, 2.24) is 18.8 Å². The summed E-state index contributed by atoms with van der Waals surface area (Å²) in [5.41, 5.74) is 3.38. The lowest BCUT2D eigenvalue weighted by Crippen LogP contribution is -2.29. The van der Waals surface area contributed by atoms with Crippen molar-refractivity contribution in [3.8, 4) is 17.0 Å². The van der Waals surface area contributed by atoms with Crippen molar-refractivity contribution in [3.63, 3.8) is 0 Å². The van der Waals surface area contributed by atoms with E-state index < -0.39 is 0 Å². The zero-order chi connectivity index (χ0) is 23.5. The Morgan fingerprint density at radius 3 is 2.89 bits per heavy atom. The first-order valence-corrected chi connectivity index (χ1v) is 13.5. The van der Waals surface area contributed by atoms with Gasteiger partial charge in [0, 0.05) is 18.2 Å². The number of H-pyrrole nitrogens is 1. The van der Waals surface area contributed by atoms with Gasteiger partial charge in [0.1, 0.15) is 17.0 Å². The van der Waals surface area contributed by atoms with Crippen LogP contribution in [-0.4, -0.2) is 38.5 Å². The van der Waals surface area contributed by atoms with E-state index in [0.29, 0.717) is 40.2 Å². The number of hydrogen-bond acceptors (Lipinski definition) is 6. The van der Waals surface area contributed by atoms with Gasteiger partial charge in [-0.1, -0.05) is 30.1 Å². The van der Waals surface area contributed by atoms with Crippen LogP contribution in [0.1, 0.15) is 50.1 Å². The Balaban J connectivity index is 1.43. The van der Waals surface area contributed by atoms with Gasteiger partial charge in [-0.15, -0.1) is 0 Å². The van der Waals surface area contributed by atoms with Gasteiger partial charge >= 0.3 is 0 Å². The number of nitrogens with one attached hydrogen (secondary N) is 1. The minimum atomic E-state index is -0.241. The van der Waals surface area contributed by atoms with E-state index >= 15 is 0 Å². The molecule has 0 radical (unpaired) electrons. The average molecular weight is 489 g/mol. The van der Waals surface area contributed by atoms with Crippen LogP contribution in [0.4, 0.5) is 0 Å². The molecule has 7 rings (SSSR count). The molecule has 2 atom stereocenters. The van der Waals surface area contributed by atoms with Crippen LogP contribution in [-0.2, 0) is 6.54 Å². The molecule has 3 aliphatic rings. The summed E-state index contributed by atoms with van der Waals surface area (Å²) < 4.78 is 9.19. The molecule has 2 fully saturated rings. The maximum atomic E-state index is 13.3. The summed E-state index contributed by atoms with van der Waals surface area (Å²) in [4.78, 5) is 37.0. The third-order valence-corrected chi connectivity index (χ3v) is 9.17. The molecule has 7 nitrogen and oxygen atoms in total. The second-order valence-electron chi connectivity index (χ2n) is 10.3. The van der Waals surface area contributed by atoms with Crippen molar-refractivity contribution in [2.45, 2.75) is 51.1 Å². The number of fused-ring (bicyclic) bond motifs is 6. The van der Waals surface area contributed by atoms with Gasteiger partial charge in [0.25, 0.3) is 11.1 Å². The van der Waals surface area contributed by atoms with Crippen molar-refractivity contribution < 1.29 is 4.74 Å². The molecule has 1 N–H and O–H groups in total. The first-order valence-electron chi connectivity index (χ1n) is 12.7. The Morgan fingerprint density at radius 2 is 2.00 bits per heavy atom. The highest BCUT2D eigenvalue weighted by Gasteiger charge is 2.30. The highest BCUT2D eigenvalue weighted by Crippen LogP contribution is 2.39. The maximum absolute atomic E-state index is 13.3. The Labute approximate surface area is 206 Å². The van der Waals surface area contributed by atoms with E-state index in [4.69, 9.17) is 9.72 Å². The monoisotopic (exact) mass is 488 g/mol. The number of benzene rings is 2. The van der Waals surface area contributed by atoms with Gasteiger partial charge < -0.3 is 9.72 Å². The van der Waals surface area contributed by atoms with E-state index in [1.54, 1.807) is 0 Å². The Bertz CT molecular complexity index is 1560. The summed E-state index contributed by atoms with van der Waals surface area (Å²) in [5.74, 6) is 1.13. The number of likely N-dealkylation sites (tertiary alicyclic amines) is 1. The van der Waals surface area contributed by atoms with Crippen molar-refractivity contribution >= 4 is 32.7 Å². The second-order valence-corrected chi connectivity index (χ2v) is 11.3. The number of aromatic amines is 1. The van der Waals surface area contributed by atoms with E-state index in [0.717, 1.165) is 54.9 Å². The van der Waals surface area contributed by atoms with Gasteiger partial charge in [-0.25, -0.2) is 4.98 Å². The van der Waals surface area contributed by atoms with Crippen LogP contribution in [0.25, 0.3) is 32.4 Å². The molecule has 4 heterocycles. The van der Waals surface area contributed by atoms with E-state index in [9.17, 15) is 9.59 Å². The average Bonchev–Trinajstić information content (AvgIpc) is 3.47. The highest BCUT2D eigenvalue weighted by atomic mass is 32.1. The summed E-state index contributed by atoms with van der Waals surface area (Å²) in [5, 5.41) is 0.669. The fourth-order valence-electron chi connectivity index (χ4n) is 6.09. The number of aromatic nitrogens is 3. The molecule has 2 aliphatic heterocycles. The molecule has 35 heavy (non-hydrogen) atoms. The summed E-state index contributed by atoms with van der Waals surface area (Å²) in [6.45, 7) is 3.66. The second kappa shape index (κ2) is 8.31. The quantitative estimate of drug-likeness (QED) is 0.443. The molecule has 1 unspecified atom stereocenters. The molecule has 4 aromatic rings. The molecular formula is C27H28N4O3S. The Morgan fingerprint density at radius 1 is 1.11 bits per heavy atom. The van der Waals surface area contributed by atoms with E-state index in [2.05, 4.69) is 16.0 Å². The van der Waals surface area contributed by atoms with Crippen molar-refractivity contribution in [2.75, 3.05) is 19.7 Å². The lowest BCUT2D eigenvalue weighted by Gasteiger charge is -2.26. The minimum Gasteiger partial charge on any atom is -0.491 e. The van der Waals surface area contributed by atoms with Crippen molar-refractivity contribution in [3.05, 3.63) is 56.6 Å². The third kappa shape index (κ3) is 3.62. The van der Waals surface area contributed by atoms with Gasteiger partial charge in [-0.05, 0) is 74.9 Å². The first kappa shape index (κ1) is 21.3. The zero-order valence-electron chi connectivity index (χ0n) is 19.6. The van der Waals surface area contributed by atoms with E-state index in [1.165, 1.54) is 30.8 Å². The van der Waals surface area contributed by atoms with Crippen LogP contribution in [0.2, 0.25) is 0 Å². The number of ether oxygens (including phenoxy) is 1. The maximum Gasteiger partial charge on any atom is 0.275 e. The summed E-state index contributed by atoms with van der Waals surface area (Å²) in [6.07, 6.45) is 6.72. The van der Waals surface area contributed by atoms with Crippen LogP contribution in [0.3, 0.4) is 0 Å². The number of piperidine rings is 1. The van der Waals surface area contributed by atoms with Gasteiger partial charge in [-0.2, -0.15) is 0 Å². The van der Waals surface area contributed by atoms with Crippen LogP contribution < -0.4 is 15.9 Å². The fourth-order valence-corrected chi connectivity index (χ4v) is 7.32. The van der Waals surface area contributed by atoms with Crippen LogP contribution >= 0.6 is 11.5 Å². The molecular weight excluding hydrogens is 460 g/mol. The summed E-state index contributed by atoms with van der Waals surface area (Å²) >= 11 is 1.47. The SMILES string of the molecule is O=c1[nH]c2cc(CN3CCCCC3)cc3c2nc1-c1cccc2c(=O)n(sc12)[C@H]1CCC(CO3)C1. The molecule has 0 amide bonds.